The number of aromatic nitrogens is 1. The summed E-state index contributed by atoms with van der Waals surface area (Å²) in [5, 5.41) is 4.38. The first-order chi connectivity index (χ1) is 11.2. The van der Waals surface area contributed by atoms with Crippen LogP contribution in [0.15, 0.2) is 12.3 Å². The second-order valence-electron chi connectivity index (χ2n) is 6.80. The lowest BCUT2D eigenvalue weighted by atomic mass is 9.98. The van der Waals surface area contributed by atoms with Crippen molar-refractivity contribution in [3.8, 4) is 0 Å². The van der Waals surface area contributed by atoms with Crippen LogP contribution in [0.1, 0.15) is 44.0 Å². The Hall–Kier alpha value is -1.73. The number of hydrogen-bond donors (Lipinski definition) is 1. The number of carbonyl (C=O) groups excluding carboxylic acids is 2. The third kappa shape index (κ3) is 4.88. The normalized spacial score (nSPS) is 16.7. The van der Waals surface area contributed by atoms with Crippen molar-refractivity contribution in [2.24, 2.45) is 5.41 Å². The molecule has 132 valence electrons. The molecule has 0 aromatic carbocycles. The van der Waals surface area contributed by atoms with Crippen molar-refractivity contribution < 1.29 is 18.8 Å². The molecule has 0 bridgehead atoms. The highest BCUT2D eigenvalue weighted by molar-refractivity contribution is 6.32. The summed E-state index contributed by atoms with van der Waals surface area (Å²) in [5.41, 5.74) is -0.551. The van der Waals surface area contributed by atoms with Crippen molar-refractivity contribution in [1.29, 1.82) is 0 Å². The summed E-state index contributed by atoms with van der Waals surface area (Å²) in [6.45, 7) is 6.40. The van der Waals surface area contributed by atoms with Crippen LogP contribution in [0.3, 0.4) is 0 Å². The minimum absolute atomic E-state index is 0.0123. The van der Waals surface area contributed by atoms with E-state index in [1.807, 2.05) is 0 Å². The molecule has 1 aromatic heterocycles. The molecular weight excluding hydrogens is 337 g/mol. The molecule has 1 N–H and O–H groups in total. The van der Waals surface area contributed by atoms with E-state index >= 15 is 0 Å². The second-order valence-corrected chi connectivity index (χ2v) is 7.16. The highest BCUT2D eigenvalue weighted by atomic mass is 35.5. The lowest BCUT2D eigenvalue weighted by Crippen LogP contribution is -2.46. The zero-order valence-corrected chi connectivity index (χ0v) is 14.7. The maximum Gasteiger partial charge on any atom is 0.330 e. The van der Waals surface area contributed by atoms with Crippen molar-refractivity contribution in [3.05, 3.63) is 28.8 Å². The zero-order valence-electron chi connectivity index (χ0n) is 13.9. The van der Waals surface area contributed by atoms with Gasteiger partial charge in [0.1, 0.15) is 11.0 Å². The molecule has 0 unspecified atom stereocenters. The van der Waals surface area contributed by atoms with Gasteiger partial charge in [0.2, 0.25) is 0 Å². The molecule has 1 amide bonds. The maximum atomic E-state index is 13.2. The molecule has 1 aliphatic heterocycles. The molecule has 2 heterocycles. The topological polar surface area (TPSA) is 71.5 Å². The molecule has 0 spiro atoms. The summed E-state index contributed by atoms with van der Waals surface area (Å²) in [6.07, 6.45) is 2.19. The van der Waals surface area contributed by atoms with Crippen LogP contribution in [-0.2, 0) is 9.63 Å². The minimum Gasteiger partial charge on any atom is -0.367 e. The first kappa shape index (κ1) is 18.6. The van der Waals surface area contributed by atoms with E-state index in [1.54, 1.807) is 25.8 Å². The van der Waals surface area contributed by atoms with E-state index < -0.39 is 17.1 Å². The molecule has 0 atom stereocenters. The smallest absolute Gasteiger partial charge is 0.330 e. The van der Waals surface area contributed by atoms with Gasteiger partial charge in [-0.05, 0) is 39.7 Å². The number of hydroxylamine groups is 2. The number of amides is 1. The number of halogens is 2. The second kappa shape index (κ2) is 7.44. The van der Waals surface area contributed by atoms with Crippen LogP contribution in [0.25, 0.3) is 0 Å². The molecule has 1 fully saturated rings. The predicted molar refractivity (Wildman–Crippen MR) is 86.8 cm³/mol. The molecule has 8 heteroatoms. The van der Waals surface area contributed by atoms with Gasteiger partial charge >= 0.3 is 5.97 Å². The van der Waals surface area contributed by atoms with Gasteiger partial charge in [-0.2, -0.15) is 0 Å². The lowest BCUT2D eigenvalue weighted by molar-refractivity contribution is -0.204. The molecule has 1 aromatic rings. The fourth-order valence-electron chi connectivity index (χ4n) is 2.19. The van der Waals surface area contributed by atoms with Gasteiger partial charge in [-0.1, -0.05) is 11.6 Å². The highest BCUT2D eigenvalue weighted by Crippen LogP contribution is 2.19. The number of hydrogen-bond acceptors (Lipinski definition) is 5. The van der Waals surface area contributed by atoms with Gasteiger partial charge in [0.05, 0.1) is 17.2 Å². The van der Waals surface area contributed by atoms with E-state index in [0.29, 0.717) is 25.9 Å². The van der Waals surface area contributed by atoms with Crippen LogP contribution in [0, 0.1) is 11.2 Å². The molecular formula is C16H21ClFN3O3. The monoisotopic (exact) mass is 357 g/mol. The number of carbonyl (C=O) groups is 2. The van der Waals surface area contributed by atoms with Crippen LogP contribution < -0.4 is 5.32 Å². The Kier molecular flexibility index (Phi) is 5.77. The molecule has 0 saturated carbocycles. The van der Waals surface area contributed by atoms with Crippen molar-refractivity contribution in [2.75, 3.05) is 13.1 Å². The Bertz CT molecular complexity index is 625. The van der Waals surface area contributed by atoms with Crippen LogP contribution in [-0.4, -0.2) is 41.1 Å². The Morgan fingerprint density at radius 3 is 2.58 bits per heavy atom. The summed E-state index contributed by atoms with van der Waals surface area (Å²) >= 11 is 5.83. The molecule has 2 rings (SSSR count). The maximum absolute atomic E-state index is 13.2. The summed E-state index contributed by atoms with van der Waals surface area (Å²) in [5.74, 6) is -1.37. The third-order valence-electron chi connectivity index (χ3n) is 3.66. The standard InChI is InChI=1S/C16H21ClFN3O3/c1-16(2,3)15(23)24-21-6-4-11(5-7-21)20-14(22)12-8-10(18)9-19-13(12)17/h8-9,11H,4-7H2,1-3H3,(H,20,22). The Morgan fingerprint density at radius 2 is 2.00 bits per heavy atom. The molecule has 0 aliphatic carbocycles. The Balaban J connectivity index is 1.86. The third-order valence-corrected chi connectivity index (χ3v) is 3.97. The van der Waals surface area contributed by atoms with E-state index in [0.717, 1.165) is 12.3 Å². The van der Waals surface area contributed by atoms with Gasteiger partial charge in [0, 0.05) is 19.1 Å². The van der Waals surface area contributed by atoms with Gasteiger partial charge in [-0.15, -0.1) is 5.06 Å². The van der Waals surface area contributed by atoms with Gasteiger partial charge in [-0.25, -0.2) is 14.2 Å². The molecule has 1 saturated heterocycles. The van der Waals surface area contributed by atoms with E-state index in [1.165, 1.54) is 0 Å². The average Bonchev–Trinajstić information content (AvgIpc) is 2.50. The number of nitrogens with zero attached hydrogens (tertiary/aromatic N) is 2. The van der Waals surface area contributed by atoms with Crippen molar-refractivity contribution in [2.45, 2.75) is 39.7 Å². The van der Waals surface area contributed by atoms with Crippen molar-refractivity contribution in [1.82, 2.24) is 15.4 Å². The van der Waals surface area contributed by atoms with Crippen LogP contribution in [0.2, 0.25) is 5.15 Å². The van der Waals surface area contributed by atoms with Gasteiger partial charge in [0.25, 0.3) is 5.91 Å². The van der Waals surface area contributed by atoms with Crippen LogP contribution >= 0.6 is 11.6 Å². The fraction of sp³-hybridized carbons (Fsp3) is 0.562. The minimum atomic E-state index is -0.617. The Morgan fingerprint density at radius 1 is 1.38 bits per heavy atom. The predicted octanol–water partition coefficient (Wildman–Crippen LogP) is 2.57. The number of piperidine rings is 1. The largest absolute Gasteiger partial charge is 0.367 e. The highest BCUT2D eigenvalue weighted by Gasteiger charge is 2.29. The van der Waals surface area contributed by atoms with Gasteiger partial charge in [-0.3, -0.25) is 4.79 Å². The lowest BCUT2D eigenvalue weighted by Gasteiger charge is -2.32. The van der Waals surface area contributed by atoms with Crippen LogP contribution in [0.5, 0.6) is 0 Å². The van der Waals surface area contributed by atoms with Crippen molar-refractivity contribution in [3.63, 3.8) is 0 Å². The number of rotatable bonds is 3. The van der Waals surface area contributed by atoms with E-state index in [9.17, 15) is 14.0 Å². The summed E-state index contributed by atoms with van der Waals surface area (Å²) < 4.78 is 13.2. The molecule has 1 aliphatic rings. The Labute approximate surface area is 145 Å². The fourth-order valence-corrected chi connectivity index (χ4v) is 2.38. The van der Waals surface area contributed by atoms with E-state index in [4.69, 9.17) is 16.4 Å². The SMILES string of the molecule is CC(C)(C)C(=O)ON1CCC(NC(=O)c2cc(F)cnc2Cl)CC1. The quantitative estimate of drug-likeness (QED) is 0.842. The number of nitrogens with one attached hydrogen (secondary N) is 1. The molecule has 6 nitrogen and oxygen atoms in total. The summed E-state index contributed by atoms with van der Waals surface area (Å²) in [6, 6.07) is 0.965. The molecule has 24 heavy (non-hydrogen) atoms. The first-order valence-corrected chi connectivity index (χ1v) is 8.14. The van der Waals surface area contributed by atoms with Crippen molar-refractivity contribution >= 4 is 23.5 Å². The first-order valence-electron chi connectivity index (χ1n) is 7.76. The molecule has 0 radical (unpaired) electrons. The average molecular weight is 358 g/mol. The number of pyridine rings is 1. The van der Waals surface area contributed by atoms with E-state index in [-0.39, 0.29) is 22.7 Å². The summed E-state index contributed by atoms with van der Waals surface area (Å²) in [7, 11) is 0. The van der Waals surface area contributed by atoms with Gasteiger partial charge in [0.15, 0.2) is 0 Å². The van der Waals surface area contributed by atoms with E-state index in [2.05, 4.69) is 10.3 Å². The zero-order chi connectivity index (χ0) is 17.9. The van der Waals surface area contributed by atoms with Gasteiger partial charge < -0.3 is 10.2 Å². The van der Waals surface area contributed by atoms with Crippen LogP contribution in [0.4, 0.5) is 4.39 Å². The summed E-state index contributed by atoms with van der Waals surface area (Å²) in [4.78, 5) is 33.0.